The van der Waals surface area contributed by atoms with Crippen LogP contribution in [0.15, 0.2) is 42.0 Å². The Morgan fingerprint density at radius 2 is 2.22 bits per heavy atom. The van der Waals surface area contributed by atoms with E-state index >= 15 is 0 Å². The summed E-state index contributed by atoms with van der Waals surface area (Å²) in [6, 6.07) is 6.44. The van der Waals surface area contributed by atoms with Gasteiger partial charge in [0.15, 0.2) is 5.82 Å². The topological polar surface area (TPSA) is 91.8 Å². The number of aliphatic hydroxyl groups excluding tert-OH is 1. The summed E-state index contributed by atoms with van der Waals surface area (Å²) in [6.07, 6.45) is 2.54. The highest BCUT2D eigenvalue weighted by atomic mass is 32.1. The molecule has 0 aliphatic heterocycles. The molecule has 23 heavy (non-hydrogen) atoms. The van der Waals surface area contributed by atoms with E-state index in [1.807, 2.05) is 0 Å². The minimum absolute atomic E-state index is 0.0263. The Labute approximate surface area is 134 Å². The van der Waals surface area contributed by atoms with E-state index in [9.17, 15) is 14.3 Å². The molecular weight excluding hydrogens is 319 g/mol. The van der Waals surface area contributed by atoms with Gasteiger partial charge in [-0.05, 0) is 11.6 Å². The Balaban J connectivity index is 1.76. The summed E-state index contributed by atoms with van der Waals surface area (Å²) < 4.78 is 13.6. The number of rotatable bonds is 5. The molecule has 6 nitrogen and oxygen atoms in total. The van der Waals surface area contributed by atoms with Crippen LogP contribution in [0, 0.1) is 5.82 Å². The second kappa shape index (κ2) is 6.49. The Bertz CT molecular complexity index is 858. The number of aromatic amines is 1. The van der Waals surface area contributed by atoms with Crippen LogP contribution in [0.4, 0.5) is 4.39 Å². The summed E-state index contributed by atoms with van der Waals surface area (Å²) in [5, 5.41) is 18.2. The largest absolute Gasteiger partial charge is 0.506 e. The van der Waals surface area contributed by atoms with Gasteiger partial charge in [0.2, 0.25) is 5.78 Å². The van der Waals surface area contributed by atoms with E-state index in [0.717, 1.165) is 6.08 Å². The molecule has 0 unspecified atom stereocenters. The molecule has 0 saturated carbocycles. The number of halogens is 1. The first-order chi connectivity index (χ1) is 11.1. The molecule has 116 valence electrons. The highest BCUT2D eigenvalue weighted by molar-refractivity contribution is 7.09. The molecule has 0 aliphatic rings. The summed E-state index contributed by atoms with van der Waals surface area (Å²) in [6.45, 7) is 0. The molecule has 0 amide bonds. The number of aliphatic hydroxyl groups is 1. The van der Waals surface area contributed by atoms with E-state index in [-0.39, 0.29) is 23.1 Å². The van der Waals surface area contributed by atoms with Gasteiger partial charge in [0.1, 0.15) is 23.6 Å². The third kappa shape index (κ3) is 3.49. The first kappa shape index (κ1) is 15.0. The fraction of sp³-hybridized carbons (Fsp3) is 0.0667. The summed E-state index contributed by atoms with van der Waals surface area (Å²) >= 11 is 1.28. The molecule has 3 rings (SSSR count). The Hall–Kier alpha value is -2.87. The van der Waals surface area contributed by atoms with E-state index in [1.54, 1.807) is 23.6 Å². The minimum atomic E-state index is -0.511. The molecule has 2 N–H and O–H groups in total. The van der Waals surface area contributed by atoms with E-state index in [0.29, 0.717) is 17.0 Å². The zero-order valence-electron chi connectivity index (χ0n) is 11.7. The number of aromatic nitrogens is 4. The molecule has 3 aromatic rings. The number of nitrogens with one attached hydrogen (secondary N) is 1. The van der Waals surface area contributed by atoms with Gasteiger partial charge in [-0.3, -0.25) is 9.89 Å². The van der Waals surface area contributed by atoms with E-state index < -0.39 is 5.78 Å². The van der Waals surface area contributed by atoms with Crippen molar-refractivity contribution in [3.63, 3.8) is 0 Å². The van der Waals surface area contributed by atoms with Crippen molar-refractivity contribution in [2.24, 2.45) is 0 Å². The zero-order valence-corrected chi connectivity index (χ0v) is 12.5. The standard InChI is InChI=1S/C15H11FN4O2S/c16-10-4-2-1-3-9(10)5-14-19-11(7-23-14)12(21)6-13(22)15-17-8-18-20-15/h1-4,6-8,21H,5H2,(H,17,18,20). The molecule has 1 aromatic carbocycles. The van der Waals surface area contributed by atoms with Gasteiger partial charge in [-0.25, -0.2) is 14.4 Å². The Morgan fingerprint density at radius 1 is 1.39 bits per heavy atom. The molecule has 8 heteroatoms. The van der Waals surface area contributed by atoms with Gasteiger partial charge in [0.05, 0.1) is 5.01 Å². The third-order valence-corrected chi connectivity index (χ3v) is 3.88. The molecule has 0 spiro atoms. The molecule has 0 aliphatic carbocycles. The fourth-order valence-corrected chi connectivity index (χ4v) is 2.72. The van der Waals surface area contributed by atoms with Crippen molar-refractivity contribution in [2.45, 2.75) is 6.42 Å². The lowest BCUT2D eigenvalue weighted by Crippen LogP contribution is -1.99. The fourth-order valence-electron chi connectivity index (χ4n) is 1.91. The van der Waals surface area contributed by atoms with E-state index in [4.69, 9.17) is 0 Å². The van der Waals surface area contributed by atoms with Crippen molar-refractivity contribution >= 4 is 22.9 Å². The Kier molecular flexibility index (Phi) is 4.24. The van der Waals surface area contributed by atoms with Gasteiger partial charge in [-0.15, -0.1) is 11.3 Å². The normalized spacial score (nSPS) is 11.6. The van der Waals surface area contributed by atoms with Gasteiger partial charge in [0.25, 0.3) is 0 Å². The number of hydrogen-bond acceptors (Lipinski definition) is 6. The lowest BCUT2D eigenvalue weighted by atomic mass is 10.1. The number of carbonyl (C=O) groups is 1. The summed E-state index contributed by atoms with van der Waals surface area (Å²) in [5.41, 5.74) is 0.781. The van der Waals surface area contributed by atoms with Crippen LogP contribution in [0.25, 0.3) is 5.76 Å². The maximum Gasteiger partial charge on any atom is 0.226 e. The number of thiazole rings is 1. The number of H-pyrrole nitrogens is 1. The van der Waals surface area contributed by atoms with Crippen molar-refractivity contribution in [1.29, 1.82) is 0 Å². The number of hydrogen-bond donors (Lipinski definition) is 2. The predicted molar refractivity (Wildman–Crippen MR) is 82.6 cm³/mol. The van der Waals surface area contributed by atoms with Crippen molar-refractivity contribution in [3.05, 3.63) is 70.0 Å². The average Bonchev–Trinajstić information content (AvgIpc) is 3.21. The minimum Gasteiger partial charge on any atom is -0.506 e. The quantitative estimate of drug-likeness (QED) is 0.426. The van der Waals surface area contributed by atoms with Crippen molar-refractivity contribution in [3.8, 4) is 0 Å². The maximum atomic E-state index is 13.6. The number of benzene rings is 1. The molecule has 0 radical (unpaired) electrons. The van der Waals surface area contributed by atoms with Crippen LogP contribution in [0.5, 0.6) is 0 Å². The van der Waals surface area contributed by atoms with Crippen LogP contribution in [0.1, 0.15) is 26.9 Å². The summed E-state index contributed by atoms with van der Waals surface area (Å²) in [7, 11) is 0. The van der Waals surface area contributed by atoms with Crippen LogP contribution in [0.3, 0.4) is 0 Å². The lowest BCUT2D eigenvalue weighted by Gasteiger charge is -1.99. The number of allylic oxidation sites excluding steroid dienone is 1. The van der Waals surface area contributed by atoms with Gasteiger partial charge < -0.3 is 5.11 Å². The predicted octanol–water partition coefficient (Wildman–Crippen LogP) is 2.77. The second-order valence-electron chi connectivity index (χ2n) is 4.62. The molecular formula is C15H11FN4O2S. The summed E-state index contributed by atoms with van der Waals surface area (Å²) in [5.74, 6) is -1.06. The van der Waals surface area contributed by atoms with Gasteiger partial charge in [-0.1, -0.05) is 18.2 Å². The summed E-state index contributed by atoms with van der Waals surface area (Å²) in [4.78, 5) is 19.7. The SMILES string of the molecule is O=C(C=C(O)c1csc(Cc2ccccc2F)n1)c1ncn[nH]1. The highest BCUT2D eigenvalue weighted by Crippen LogP contribution is 2.20. The van der Waals surface area contributed by atoms with Gasteiger partial charge in [-0.2, -0.15) is 5.10 Å². The molecule has 2 heterocycles. The number of carbonyl (C=O) groups excluding carboxylic acids is 1. The highest BCUT2D eigenvalue weighted by Gasteiger charge is 2.12. The molecule has 0 bridgehead atoms. The van der Waals surface area contributed by atoms with E-state index in [1.165, 1.54) is 23.7 Å². The average molecular weight is 330 g/mol. The number of nitrogens with zero attached hydrogens (tertiary/aromatic N) is 3. The third-order valence-electron chi connectivity index (χ3n) is 3.03. The van der Waals surface area contributed by atoms with Crippen molar-refractivity contribution in [1.82, 2.24) is 20.2 Å². The van der Waals surface area contributed by atoms with Crippen LogP contribution in [0.2, 0.25) is 0 Å². The molecule has 0 fully saturated rings. The molecule has 0 atom stereocenters. The number of ketones is 1. The van der Waals surface area contributed by atoms with Crippen molar-refractivity contribution in [2.75, 3.05) is 0 Å². The monoisotopic (exact) mass is 330 g/mol. The van der Waals surface area contributed by atoms with E-state index in [2.05, 4.69) is 20.2 Å². The van der Waals surface area contributed by atoms with Gasteiger partial charge in [0, 0.05) is 17.9 Å². The first-order valence-electron chi connectivity index (χ1n) is 6.62. The lowest BCUT2D eigenvalue weighted by molar-refractivity contribution is 0.103. The zero-order chi connectivity index (χ0) is 16.2. The van der Waals surface area contributed by atoms with Crippen molar-refractivity contribution < 1.29 is 14.3 Å². The van der Waals surface area contributed by atoms with Gasteiger partial charge >= 0.3 is 0 Å². The van der Waals surface area contributed by atoms with Crippen LogP contribution in [-0.2, 0) is 6.42 Å². The van der Waals surface area contributed by atoms with Crippen LogP contribution in [-0.4, -0.2) is 31.1 Å². The van der Waals surface area contributed by atoms with Crippen LogP contribution < -0.4 is 0 Å². The van der Waals surface area contributed by atoms with Crippen LogP contribution >= 0.6 is 11.3 Å². The molecule has 0 saturated heterocycles. The smallest absolute Gasteiger partial charge is 0.226 e. The second-order valence-corrected chi connectivity index (χ2v) is 5.57. The molecule has 2 aromatic heterocycles. The maximum absolute atomic E-state index is 13.6. The Morgan fingerprint density at radius 3 is 2.96 bits per heavy atom. The first-order valence-corrected chi connectivity index (χ1v) is 7.50.